The van der Waals surface area contributed by atoms with Crippen LogP contribution in [0.15, 0.2) is 24.3 Å². The Balaban J connectivity index is 1.77. The largest absolute Gasteiger partial charge is 0.508 e. The maximum absolute atomic E-state index is 9.87. The number of likely N-dealkylation sites (tertiary alicyclic amines) is 1. The molecule has 3 rings (SSSR count). The Kier molecular flexibility index (Phi) is 4.26. The maximum atomic E-state index is 9.87. The first-order valence-corrected chi connectivity index (χ1v) is 8.59. The molecule has 0 amide bonds. The van der Waals surface area contributed by atoms with Crippen molar-refractivity contribution in [2.45, 2.75) is 51.4 Å². The second kappa shape index (κ2) is 6.00. The van der Waals surface area contributed by atoms with E-state index in [0.29, 0.717) is 5.75 Å². The fourth-order valence-electron chi connectivity index (χ4n) is 3.76. The number of nitrogens with zero attached hydrogens (tertiary/aromatic N) is 1. The van der Waals surface area contributed by atoms with Gasteiger partial charge in [-0.15, -0.1) is 0 Å². The smallest absolute Gasteiger partial charge is 0.115 e. The van der Waals surface area contributed by atoms with Gasteiger partial charge in [-0.2, -0.15) is 0 Å². The summed E-state index contributed by atoms with van der Waals surface area (Å²) in [7, 11) is 0. The summed E-state index contributed by atoms with van der Waals surface area (Å²) in [5, 5.41) is 9.87. The third-order valence-corrected chi connectivity index (χ3v) is 5.30. The SMILES string of the molecule is CC(C)CC[C@@]1(c2cccc(O)c2)CCN(CC2CC2)C1. The molecule has 1 N–H and O–H groups in total. The first kappa shape index (κ1) is 14.9. The van der Waals surface area contributed by atoms with Crippen LogP contribution in [0.3, 0.4) is 0 Å². The summed E-state index contributed by atoms with van der Waals surface area (Å²) in [6, 6.07) is 8.02. The summed E-state index contributed by atoms with van der Waals surface area (Å²) in [4.78, 5) is 2.67. The highest BCUT2D eigenvalue weighted by atomic mass is 16.3. The summed E-state index contributed by atoms with van der Waals surface area (Å²) in [5.74, 6) is 2.13. The van der Waals surface area contributed by atoms with Gasteiger partial charge in [-0.3, -0.25) is 0 Å². The third kappa shape index (κ3) is 3.60. The van der Waals surface area contributed by atoms with Crippen LogP contribution in [0.4, 0.5) is 0 Å². The minimum absolute atomic E-state index is 0.262. The molecule has 0 radical (unpaired) electrons. The first-order valence-electron chi connectivity index (χ1n) is 8.59. The van der Waals surface area contributed by atoms with Crippen LogP contribution >= 0.6 is 0 Å². The molecule has 2 heteroatoms. The number of rotatable bonds is 6. The lowest BCUT2D eigenvalue weighted by Gasteiger charge is -2.31. The van der Waals surface area contributed by atoms with E-state index < -0.39 is 0 Å². The van der Waals surface area contributed by atoms with Gasteiger partial charge in [0.25, 0.3) is 0 Å². The van der Waals surface area contributed by atoms with Crippen LogP contribution in [0.5, 0.6) is 5.75 Å². The first-order chi connectivity index (χ1) is 10.1. The molecule has 1 atom stereocenters. The quantitative estimate of drug-likeness (QED) is 0.848. The maximum Gasteiger partial charge on any atom is 0.115 e. The Morgan fingerprint density at radius 1 is 1.33 bits per heavy atom. The van der Waals surface area contributed by atoms with Crippen molar-refractivity contribution in [1.29, 1.82) is 0 Å². The molecule has 1 saturated heterocycles. The van der Waals surface area contributed by atoms with Crippen molar-refractivity contribution in [3.8, 4) is 5.75 Å². The Hall–Kier alpha value is -1.02. The zero-order valence-corrected chi connectivity index (χ0v) is 13.5. The normalized spacial score (nSPS) is 26.6. The van der Waals surface area contributed by atoms with Gasteiger partial charge in [-0.05, 0) is 61.8 Å². The van der Waals surface area contributed by atoms with Crippen molar-refractivity contribution in [1.82, 2.24) is 4.90 Å². The summed E-state index contributed by atoms with van der Waals surface area (Å²) in [6.07, 6.45) is 6.63. The van der Waals surface area contributed by atoms with Crippen molar-refractivity contribution in [3.63, 3.8) is 0 Å². The van der Waals surface area contributed by atoms with E-state index in [0.717, 1.165) is 11.8 Å². The van der Waals surface area contributed by atoms with Gasteiger partial charge in [0, 0.05) is 18.5 Å². The molecule has 2 fully saturated rings. The Morgan fingerprint density at radius 2 is 2.14 bits per heavy atom. The summed E-state index contributed by atoms with van der Waals surface area (Å²) < 4.78 is 0. The van der Waals surface area contributed by atoms with E-state index >= 15 is 0 Å². The molecule has 1 aromatic carbocycles. The van der Waals surface area contributed by atoms with Crippen LogP contribution in [-0.2, 0) is 5.41 Å². The monoisotopic (exact) mass is 287 g/mol. The highest BCUT2D eigenvalue weighted by Crippen LogP contribution is 2.42. The molecule has 0 aromatic heterocycles. The van der Waals surface area contributed by atoms with Crippen molar-refractivity contribution in [2.24, 2.45) is 11.8 Å². The number of aromatic hydroxyl groups is 1. The van der Waals surface area contributed by atoms with E-state index in [9.17, 15) is 5.11 Å². The van der Waals surface area contributed by atoms with Crippen LogP contribution in [0.1, 0.15) is 51.5 Å². The lowest BCUT2D eigenvalue weighted by atomic mass is 9.75. The van der Waals surface area contributed by atoms with Gasteiger partial charge in [-0.1, -0.05) is 32.4 Å². The van der Waals surface area contributed by atoms with E-state index in [1.165, 1.54) is 57.3 Å². The number of hydrogen-bond acceptors (Lipinski definition) is 2. The second-order valence-electron chi connectivity index (χ2n) is 7.69. The summed E-state index contributed by atoms with van der Waals surface area (Å²) in [6.45, 7) is 8.33. The predicted octanol–water partition coefficient (Wildman–Crippen LogP) is 4.18. The molecule has 2 aliphatic rings. The molecule has 2 nitrogen and oxygen atoms in total. The van der Waals surface area contributed by atoms with Crippen LogP contribution in [0, 0.1) is 11.8 Å². The van der Waals surface area contributed by atoms with Crippen LogP contribution in [0.2, 0.25) is 0 Å². The molecule has 0 spiro atoms. The van der Waals surface area contributed by atoms with E-state index in [-0.39, 0.29) is 5.41 Å². The average Bonchev–Trinajstić information content (AvgIpc) is 3.15. The van der Waals surface area contributed by atoms with Gasteiger partial charge in [-0.25, -0.2) is 0 Å². The van der Waals surface area contributed by atoms with E-state index in [1.807, 2.05) is 12.1 Å². The Bertz CT molecular complexity index is 480. The van der Waals surface area contributed by atoms with Gasteiger partial charge in [0.1, 0.15) is 5.75 Å². The van der Waals surface area contributed by atoms with Gasteiger partial charge >= 0.3 is 0 Å². The molecule has 1 aliphatic carbocycles. The molecule has 1 aliphatic heterocycles. The van der Waals surface area contributed by atoms with E-state index in [2.05, 4.69) is 24.8 Å². The predicted molar refractivity (Wildman–Crippen MR) is 87.6 cm³/mol. The molecule has 0 unspecified atom stereocenters. The fraction of sp³-hybridized carbons (Fsp3) is 0.684. The lowest BCUT2D eigenvalue weighted by molar-refractivity contribution is 0.284. The molecule has 21 heavy (non-hydrogen) atoms. The third-order valence-electron chi connectivity index (χ3n) is 5.30. The zero-order chi connectivity index (χ0) is 14.9. The van der Waals surface area contributed by atoms with Crippen molar-refractivity contribution >= 4 is 0 Å². The highest BCUT2D eigenvalue weighted by molar-refractivity contribution is 5.34. The van der Waals surface area contributed by atoms with Crippen LogP contribution < -0.4 is 0 Å². The van der Waals surface area contributed by atoms with Crippen molar-refractivity contribution < 1.29 is 5.11 Å². The van der Waals surface area contributed by atoms with Crippen molar-refractivity contribution in [3.05, 3.63) is 29.8 Å². The number of hydrogen-bond donors (Lipinski definition) is 1. The number of phenolic OH excluding ortho intramolecular Hbond substituents is 1. The van der Waals surface area contributed by atoms with Crippen LogP contribution in [0.25, 0.3) is 0 Å². The van der Waals surface area contributed by atoms with Gasteiger partial charge < -0.3 is 10.0 Å². The van der Waals surface area contributed by atoms with Gasteiger partial charge in [0.15, 0.2) is 0 Å². The van der Waals surface area contributed by atoms with E-state index in [4.69, 9.17) is 0 Å². The number of benzene rings is 1. The molecule has 1 saturated carbocycles. The van der Waals surface area contributed by atoms with Gasteiger partial charge in [0.2, 0.25) is 0 Å². The zero-order valence-electron chi connectivity index (χ0n) is 13.5. The van der Waals surface area contributed by atoms with Crippen molar-refractivity contribution in [2.75, 3.05) is 19.6 Å². The standard InChI is InChI=1S/C19H29NO/c1-15(2)8-9-19(17-4-3-5-18(21)12-17)10-11-20(14-19)13-16-6-7-16/h3-5,12,15-16,21H,6-11,13-14H2,1-2H3/t19-/m1/s1. The molecule has 116 valence electrons. The second-order valence-corrected chi connectivity index (χ2v) is 7.69. The minimum atomic E-state index is 0.262. The molecule has 1 aromatic rings. The fourth-order valence-corrected chi connectivity index (χ4v) is 3.76. The molecule has 1 heterocycles. The lowest BCUT2D eigenvalue weighted by Crippen LogP contribution is -2.32. The number of phenols is 1. The molecular formula is C19H29NO. The minimum Gasteiger partial charge on any atom is -0.508 e. The van der Waals surface area contributed by atoms with Gasteiger partial charge in [0.05, 0.1) is 0 Å². The molecular weight excluding hydrogens is 258 g/mol. The van der Waals surface area contributed by atoms with Crippen LogP contribution in [-0.4, -0.2) is 29.6 Å². The Labute approximate surface area is 129 Å². The topological polar surface area (TPSA) is 23.5 Å². The molecule has 0 bridgehead atoms. The Morgan fingerprint density at radius 3 is 2.81 bits per heavy atom. The van der Waals surface area contributed by atoms with E-state index in [1.54, 1.807) is 6.07 Å². The summed E-state index contributed by atoms with van der Waals surface area (Å²) >= 11 is 0. The average molecular weight is 287 g/mol. The highest BCUT2D eigenvalue weighted by Gasteiger charge is 2.40. The summed E-state index contributed by atoms with van der Waals surface area (Å²) in [5.41, 5.74) is 1.61.